The second-order valence-corrected chi connectivity index (χ2v) is 8.86. The van der Waals surface area contributed by atoms with Gasteiger partial charge in [-0.15, -0.1) is 0 Å². The number of methoxy groups -OCH3 is 1. The van der Waals surface area contributed by atoms with E-state index >= 15 is 0 Å². The number of carbonyl (C=O) groups excluding carboxylic acids is 4. The minimum atomic E-state index is -0.913. The molecule has 5 rings (SSSR count). The number of halogens is 1. The molecule has 0 aliphatic carbocycles. The van der Waals surface area contributed by atoms with Gasteiger partial charge in [-0.05, 0) is 48.5 Å². The summed E-state index contributed by atoms with van der Waals surface area (Å²) in [6.07, 6.45) is 1.22. The first kappa shape index (κ1) is 24.9. The first-order valence-electron chi connectivity index (χ1n) is 12.1. The molecule has 1 fully saturated rings. The molecule has 2 heterocycles. The molecule has 1 aliphatic rings. The molecule has 4 aromatic rings. The number of aromatic nitrogens is 1. The zero-order chi connectivity index (χ0) is 26.8. The van der Waals surface area contributed by atoms with Crippen molar-refractivity contribution in [3.8, 4) is 5.75 Å². The summed E-state index contributed by atoms with van der Waals surface area (Å²) < 4.78 is 21.2. The van der Waals surface area contributed by atoms with Gasteiger partial charge in [0.2, 0.25) is 0 Å². The van der Waals surface area contributed by atoms with Crippen LogP contribution in [0.25, 0.3) is 10.9 Å². The fourth-order valence-electron chi connectivity index (χ4n) is 4.59. The Morgan fingerprint density at radius 1 is 0.737 bits per heavy atom. The number of piperazine rings is 1. The Hall–Kier alpha value is -4.79. The second kappa shape index (κ2) is 10.3. The van der Waals surface area contributed by atoms with Crippen LogP contribution in [0.5, 0.6) is 5.75 Å². The van der Waals surface area contributed by atoms with Crippen molar-refractivity contribution in [1.29, 1.82) is 0 Å². The lowest BCUT2D eigenvalue weighted by Gasteiger charge is -2.34. The second-order valence-electron chi connectivity index (χ2n) is 8.86. The van der Waals surface area contributed by atoms with Crippen LogP contribution in [0.4, 0.5) is 4.39 Å². The van der Waals surface area contributed by atoms with Crippen molar-refractivity contribution >= 4 is 34.4 Å². The number of nitrogens with zero attached hydrogens (tertiary/aromatic N) is 3. The van der Waals surface area contributed by atoms with Gasteiger partial charge in [0.05, 0.1) is 18.2 Å². The van der Waals surface area contributed by atoms with Crippen LogP contribution < -0.4 is 4.74 Å². The molecule has 0 bridgehead atoms. The average molecular weight is 514 g/mol. The van der Waals surface area contributed by atoms with Crippen molar-refractivity contribution in [3.05, 3.63) is 102 Å². The predicted molar refractivity (Wildman–Crippen MR) is 138 cm³/mol. The average Bonchev–Trinajstić information content (AvgIpc) is 3.37. The molecule has 8 nitrogen and oxygen atoms in total. The molecule has 0 spiro atoms. The monoisotopic (exact) mass is 513 g/mol. The Morgan fingerprint density at radius 3 is 2.03 bits per heavy atom. The molecule has 1 aromatic heterocycles. The van der Waals surface area contributed by atoms with Gasteiger partial charge in [0, 0.05) is 48.9 Å². The van der Waals surface area contributed by atoms with Gasteiger partial charge in [-0.1, -0.05) is 24.3 Å². The van der Waals surface area contributed by atoms with E-state index in [1.807, 2.05) is 6.07 Å². The number of benzene rings is 3. The highest BCUT2D eigenvalue weighted by molar-refractivity contribution is 6.45. The third-order valence-electron chi connectivity index (χ3n) is 6.65. The van der Waals surface area contributed by atoms with Crippen molar-refractivity contribution in [2.75, 3.05) is 33.3 Å². The maximum Gasteiger partial charge on any atom is 0.295 e. The molecule has 2 amide bonds. The van der Waals surface area contributed by atoms with E-state index in [9.17, 15) is 23.6 Å². The normalized spacial score (nSPS) is 13.4. The number of ether oxygens (including phenoxy) is 1. The summed E-state index contributed by atoms with van der Waals surface area (Å²) >= 11 is 0. The molecule has 0 saturated carbocycles. The van der Waals surface area contributed by atoms with Gasteiger partial charge in [-0.25, -0.2) is 4.39 Å². The van der Waals surface area contributed by atoms with Crippen molar-refractivity contribution in [2.24, 2.45) is 0 Å². The van der Waals surface area contributed by atoms with Crippen LogP contribution in [-0.2, 0) is 4.79 Å². The largest absolute Gasteiger partial charge is 0.497 e. The van der Waals surface area contributed by atoms with Crippen LogP contribution in [0.2, 0.25) is 0 Å². The number of hydrogen-bond acceptors (Lipinski definition) is 5. The van der Waals surface area contributed by atoms with Gasteiger partial charge in [0.1, 0.15) is 11.6 Å². The molecule has 1 aliphatic heterocycles. The zero-order valence-corrected chi connectivity index (χ0v) is 20.6. The molecule has 0 atom stereocenters. The number of fused-ring (bicyclic) bond motifs is 1. The molecule has 1 saturated heterocycles. The lowest BCUT2D eigenvalue weighted by Crippen LogP contribution is -2.52. The highest BCUT2D eigenvalue weighted by Crippen LogP contribution is 2.27. The van der Waals surface area contributed by atoms with Crippen LogP contribution >= 0.6 is 0 Å². The lowest BCUT2D eigenvalue weighted by molar-refractivity contribution is -0.127. The Morgan fingerprint density at radius 2 is 1.37 bits per heavy atom. The maximum absolute atomic E-state index is 14.9. The number of Topliss-reactive ketones (excluding diaryl/α,β-unsaturated/α-hetero) is 1. The SMILES string of the molecule is COc1ccc(C(=O)n2cc(C(=O)C(=O)N3CCN(C(=O)c4ccccc4)CC3)c3c(F)cccc32)cc1. The van der Waals surface area contributed by atoms with Gasteiger partial charge < -0.3 is 14.5 Å². The molecule has 3 aromatic carbocycles. The Kier molecular flexibility index (Phi) is 6.74. The summed E-state index contributed by atoms with van der Waals surface area (Å²) in [4.78, 5) is 55.4. The molecule has 0 radical (unpaired) electrons. The molecule has 192 valence electrons. The summed E-state index contributed by atoms with van der Waals surface area (Å²) in [5.74, 6) is -2.50. The minimum absolute atomic E-state index is 0.0920. The minimum Gasteiger partial charge on any atom is -0.497 e. The Bertz CT molecular complexity index is 1540. The summed E-state index contributed by atoms with van der Waals surface area (Å²) in [5, 5.41) is -0.0920. The third kappa shape index (κ3) is 4.54. The van der Waals surface area contributed by atoms with Gasteiger partial charge in [-0.3, -0.25) is 23.7 Å². The van der Waals surface area contributed by atoms with Crippen molar-refractivity contribution < 1.29 is 28.3 Å². The summed E-state index contributed by atoms with van der Waals surface area (Å²) in [6, 6.07) is 19.3. The highest BCUT2D eigenvalue weighted by Gasteiger charge is 2.32. The first-order valence-corrected chi connectivity index (χ1v) is 12.1. The number of carbonyl (C=O) groups is 4. The van der Waals surface area contributed by atoms with E-state index in [0.29, 0.717) is 16.9 Å². The zero-order valence-electron chi connectivity index (χ0n) is 20.6. The van der Waals surface area contributed by atoms with E-state index in [2.05, 4.69) is 0 Å². The fraction of sp³-hybridized carbons (Fsp3) is 0.172. The van der Waals surface area contributed by atoms with Crippen LogP contribution in [0.3, 0.4) is 0 Å². The molecule has 9 heteroatoms. The molecule has 0 unspecified atom stereocenters. The van der Waals surface area contributed by atoms with Crippen LogP contribution in [0, 0.1) is 5.82 Å². The third-order valence-corrected chi connectivity index (χ3v) is 6.65. The smallest absolute Gasteiger partial charge is 0.295 e. The fourth-order valence-corrected chi connectivity index (χ4v) is 4.59. The van der Waals surface area contributed by atoms with Gasteiger partial charge in [0.25, 0.3) is 23.5 Å². The molecule has 38 heavy (non-hydrogen) atoms. The van der Waals surface area contributed by atoms with E-state index in [0.717, 1.165) is 0 Å². The Balaban J connectivity index is 1.38. The van der Waals surface area contributed by atoms with Crippen LogP contribution in [-0.4, -0.2) is 71.2 Å². The first-order chi connectivity index (χ1) is 18.4. The maximum atomic E-state index is 14.9. The predicted octanol–water partition coefficient (Wildman–Crippen LogP) is 3.64. The van der Waals surface area contributed by atoms with Gasteiger partial charge >= 0.3 is 0 Å². The summed E-state index contributed by atoms with van der Waals surface area (Å²) in [6.45, 7) is 0.849. The van der Waals surface area contributed by atoms with Gasteiger partial charge in [-0.2, -0.15) is 0 Å². The number of amides is 2. The summed E-state index contributed by atoms with van der Waals surface area (Å²) in [7, 11) is 1.51. The number of hydrogen-bond donors (Lipinski definition) is 0. The number of rotatable bonds is 5. The van der Waals surface area contributed by atoms with E-state index in [-0.39, 0.29) is 48.6 Å². The topological polar surface area (TPSA) is 88.9 Å². The molecular weight excluding hydrogens is 489 g/mol. The molecule has 0 N–H and O–H groups in total. The van der Waals surface area contributed by atoms with E-state index in [1.54, 1.807) is 53.4 Å². The van der Waals surface area contributed by atoms with Crippen molar-refractivity contribution in [3.63, 3.8) is 0 Å². The van der Waals surface area contributed by atoms with Crippen molar-refractivity contribution in [1.82, 2.24) is 14.4 Å². The van der Waals surface area contributed by atoms with Gasteiger partial charge in [0.15, 0.2) is 0 Å². The highest BCUT2D eigenvalue weighted by atomic mass is 19.1. The quantitative estimate of drug-likeness (QED) is 0.300. The Labute approximate surface area is 217 Å². The van der Waals surface area contributed by atoms with E-state index in [4.69, 9.17) is 4.74 Å². The molecular formula is C29H24FN3O5. The van der Waals surface area contributed by atoms with E-state index in [1.165, 1.54) is 41.0 Å². The lowest BCUT2D eigenvalue weighted by atomic mass is 10.1. The standard InChI is InChI=1S/C29H24FN3O5/c1-38-21-12-10-20(11-13-21)28(36)33-18-22(25-23(30)8-5-9-24(25)33)26(34)29(37)32-16-14-31(15-17-32)27(35)19-6-3-2-4-7-19/h2-13,18H,14-17H2,1H3. The summed E-state index contributed by atoms with van der Waals surface area (Å²) in [5.41, 5.74) is 0.845. The number of ketones is 1. The van der Waals surface area contributed by atoms with Crippen LogP contribution in [0.1, 0.15) is 31.1 Å². The van der Waals surface area contributed by atoms with Crippen LogP contribution in [0.15, 0.2) is 79.0 Å². The van der Waals surface area contributed by atoms with E-state index < -0.39 is 23.4 Å². The van der Waals surface area contributed by atoms with Crippen molar-refractivity contribution in [2.45, 2.75) is 0 Å².